The lowest BCUT2D eigenvalue weighted by Gasteiger charge is -2.14. The maximum absolute atomic E-state index is 8.83. The Morgan fingerprint density at radius 3 is 2.88 bits per heavy atom. The van der Waals surface area contributed by atoms with Crippen LogP contribution < -0.4 is 0 Å². The molecular weight excluding hydrogens is 218 g/mol. The lowest BCUT2D eigenvalue weighted by Crippen LogP contribution is -2.09. The molecule has 0 unspecified atom stereocenters. The van der Waals surface area contributed by atoms with E-state index in [1.807, 2.05) is 13.8 Å². The summed E-state index contributed by atoms with van der Waals surface area (Å²) in [6, 6.07) is 6.50. The van der Waals surface area contributed by atoms with E-state index in [0.29, 0.717) is 0 Å². The molecule has 0 spiro atoms. The molecule has 0 bridgehead atoms. The molecule has 0 fully saturated rings. The molecule has 88 valence electrons. The lowest BCUT2D eigenvalue weighted by atomic mass is 9.90. The fourth-order valence-electron chi connectivity index (χ4n) is 1.40. The van der Waals surface area contributed by atoms with Crippen molar-refractivity contribution in [2.24, 2.45) is 5.41 Å². The van der Waals surface area contributed by atoms with E-state index in [1.54, 1.807) is 11.3 Å². The van der Waals surface area contributed by atoms with Gasteiger partial charge in [-0.2, -0.15) is 5.26 Å². The first kappa shape index (κ1) is 13.2. The molecule has 0 aliphatic carbocycles. The molecule has 0 amide bonds. The lowest BCUT2D eigenvalue weighted by molar-refractivity contribution is 0.128. The van der Waals surface area contributed by atoms with Crippen LogP contribution >= 0.6 is 11.3 Å². The summed E-state index contributed by atoms with van der Waals surface area (Å²) in [6.07, 6.45) is 2.87. The van der Waals surface area contributed by atoms with Crippen LogP contribution in [0.4, 0.5) is 0 Å². The second kappa shape index (κ2) is 6.67. The summed E-state index contributed by atoms with van der Waals surface area (Å²) < 4.78 is 5.54. The van der Waals surface area contributed by atoms with Crippen molar-refractivity contribution in [2.75, 3.05) is 13.2 Å². The van der Waals surface area contributed by atoms with E-state index in [1.165, 1.54) is 4.88 Å². The minimum atomic E-state index is -0.211. The Kier molecular flexibility index (Phi) is 5.51. The summed E-state index contributed by atoms with van der Waals surface area (Å²) in [5, 5.41) is 10.9. The van der Waals surface area contributed by atoms with Crippen molar-refractivity contribution in [3.05, 3.63) is 22.4 Å². The van der Waals surface area contributed by atoms with Crippen LogP contribution in [0.25, 0.3) is 0 Å². The van der Waals surface area contributed by atoms with Crippen LogP contribution in [-0.4, -0.2) is 13.2 Å². The van der Waals surface area contributed by atoms with E-state index in [2.05, 4.69) is 23.6 Å². The summed E-state index contributed by atoms with van der Waals surface area (Å²) in [4.78, 5) is 1.37. The molecule has 0 radical (unpaired) electrons. The maximum atomic E-state index is 8.83. The predicted molar refractivity (Wildman–Crippen MR) is 67.5 cm³/mol. The normalized spacial score (nSPS) is 11.3. The summed E-state index contributed by atoms with van der Waals surface area (Å²) >= 11 is 1.77. The van der Waals surface area contributed by atoms with Crippen LogP contribution in [0.1, 0.15) is 31.6 Å². The third kappa shape index (κ3) is 5.29. The van der Waals surface area contributed by atoms with Gasteiger partial charge in [-0.05, 0) is 38.1 Å². The zero-order chi connectivity index (χ0) is 11.9. The standard InChI is InChI=1S/C13H19NOS/c1-13(2,11-14)7-4-8-15-9-6-12-5-3-10-16-12/h3,5,10H,4,6-9H2,1-2H3. The van der Waals surface area contributed by atoms with Gasteiger partial charge in [0, 0.05) is 17.9 Å². The Bertz CT molecular complexity index is 324. The fraction of sp³-hybridized carbons (Fsp3) is 0.615. The predicted octanol–water partition coefficient (Wildman–Crippen LogP) is 3.64. The Morgan fingerprint density at radius 2 is 2.25 bits per heavy atom. The molecule has 1 rings (SSSR count). The fourth-order valence-corrected chi connectivity index (χ4v) is 2.09. The van der Waals surface area contributed by atoms with E-state index in [9.17, 15) is 0 Å². The number of thiophene rings is 1. The zero-order valence-corrected chi connectivity index (χ0v) is 10.8. The van der Waals surface area contributed by atoms with Gasteiger partial charge in [-0.3, -0.25) is 0 Å². The van der Waals surface area contributed by atoms with Crippen LogP contribution in [0.2, 0.25) is 0 Å². The van der Waals surface area contributed by atoms with Crippen molar-refractivity contribution >= 4 is 11.3 Å². The topological polar surface area (TPSA) is 33.0 Å². The van der Waals surface area contributed by atoms with Gasteiger partial charge in [-0.1, -0.05) is 6.07 Å². The first-order chi connectivity index (χ1) is 7.64. The van der Waals surface area contributed by atoms with Crippen LogP contribution in [0.15, 0.2) is 17.5 Å². The van der Waals surface area contributed by atoms with Gasteiger partial charge >= 0.3 is 0 Å². The number of nitrogens with zero attached hydrogens (tertiary/aromatic N) is 1. The van der Waals surface area contributed by atoms with E-state index in [4.69, 9.17) is 10.00 Å². The highest BCUT2D eigenvalue weighted by Crippen LogP contribution is 2.20. The van der Waals surface area contributed by atoms with Crippen LogP contribution in [0, 0.1) is 16.7 Å². The zero-order valence-electron chi connectivity index (χ0n) is 10.0. The van der Waals surface area contributed by atoms with Gasteiger partial charge in [-0.15, -0.1) is 11.3 Å². The van der Waals surface area contributed by atoms with Crippen molar-refractivity contribution in [1.29, 1.82) is 5.26 Å². The van der Waals surface area contributed by atoms with E-state index in [-0.39, 0.29) is 5.41 Å². The Morgan fingerprint density at radius 1 is 1.44 bits per heavy atom. The number of nitriles is 1. The smallest absolute Gasteiger partial charge is 0.0683 e. The van der Waals surface area contributed by atoms with Gasteiger partial charge in [0.15, 0.2) is 0 Å². The number of hydrogen-bond donors (Lipinski definition) is 0. The van der Waals surface area contributed by atoms with E-state index < -0.39 is 0 Å². The largest absolute Gasteiger partial charge is 0.381 e. The first-order valence-corrected chi connectivity index (χ1v) is 6.53. The summed E-state index contributed by atoms with van der Waals surface area (Å²) in [6.45, 7) is 5.49. The SMILES string of the molecule is CC(C)(C#N)CCCOCCc1cccs1. The molecule has 0 saturated carbocycles. The molecular formula is C13H19NOS. The molecule has 0 saturated heterocycles. The minimum absolute atomic E-state index is 0.211. The summed E-state index contributed by atoms with van der Waals surface area (Å²) in [7, 11) is 0. The van der Waals surface area contributed by atoms with Crippen molar-refractivity contribution in [1.82, 2.24) is 0 Å². The quantitative estimate of drug-likeness (QED) is 0.678. The molecule has 0 aliphatic heterocycles. The molecule has 0 aromatic carbocycles. The van der Waals surface area contributed by atoms with Crippen LogP contribution in [0.5, 0.6) is 0 Å². The van der Waals surface area contributed by atoms with Gasteiger partial charge in [0.2, 0.25) is 0 Å². The summed E-state index contributed by atoms with van der Waals surface area (Å²) in [5.74, 6) is 0. The Hall–Kier alpha value is -0.850. The van der Waals surface area contributed by atoms with Crippen molar-refractivity contribution in [3.8, 4) is 6.07 Å². The second-order valence-corrected chi connectivity index (χ2v) is 5.57. The van der Waals surface area contributed by atoms with Crippen molar-refractivity contribution < 1.29 is 4.74 Å². The van der Waals surface area contributed by atoms with Crippen molar-refractivity contribution in [2.45, 2.75) is 33.1 Å². The van der Waals surface area contributed by atoms with Crippen LogP contribution in [-0.2, 0) is 11.2 Å². The van der Waals surface area contributed by atoms with Gasteiger partial charge in [0.05, 0.1) is 18.1 Å². The molecule has 2 nitrogen and oxygen atoms in total. The summed E-state index contributed by atoms with van der Waals surface area (Å²) in [5.41, 5.74) is -0.211. The van der Waals surface area contributed by atoms with Crippen LogP contribution in [0.3, 0.4) is 0 Å². The minimum Gasteiger partial charge on any atom is -0.381 e. The third-order valence-corrected chi connectivity index (χ3v) is 3.40. The van der Waals surface area contributed by atoms with Gasteiger partial charge in [-0.25, -0.2) is 0 Å². The molecule has 1 heterocycles. The molecule has 0 aliphatic rings. The number of rotatable bonds is 7. The molecule has 0 atom stereocenters. The maximum Gasteiger partial charge on any atom is 0.0683 e. The number of ether oxygens (including phenoxy) is 1. The molecule has 0 N–H and O–H groups in total. The second-order valence-electron chi connectivity index (χ2n) is 4.54. The molecule has 1 aromatic heterocycles. The Labute approximate surface area is 102 Å². The van der Waals surface area contributed by atoms with Crippen molar-refractivity contribution in [3.63, 3.8) is 0 Å². The number of hydrogen-bond acceptors (Lipinski definition) is 3. The van der Waals surface area contributed by atoms with Gasteiger partial charge in [0.25, 0.3) is 0 Å². The highest BCUT2D eigenvalue weighted by molar-refractivity contribution is 7.09. The highest BCUT2D eigenvalue weighted by Gasteiger charge is 2.15. The monoisotopic (exact) mass is 237 g/mol. The van der Waals surface area contributed by atoms with E-state index in [0.717, 1.165) is 32.5 Å². The molecule has 3 heteroatoms. The Balaban J connectivity index is 1.99. The third-order valence-electron chi connectivity index (χ3n) is 2.47. The molecule has 1 aromatic rings. The molecule has 16 heavy (non-hydrogen) atoms. The average molecular weight is 237 g/mol. The highest BCUT2D eigenvalue weighted by atomic mass is 32.1. The van der Waals surface area contributed by atoms with E-state index >= 15 is 0 Å². The first-order valence-electron chi connectivity index (χ1n) is 5.65. The van der Waals surface area contributed by atoms with Gasteiger partial charge < -0.3 is 4.74 Å². The van der Waals surface area contributed by atoms with Gasteiger partial charge in [0.1, 0.15) is 0 Å². The average Bonchev–Trinajstić information content (AvgIpc) is 2.76.